The van der Waals surface area contributed by atoms with Crippen LogP contribution in [0.5, 0.6) is 0 Å². The molecule has 0 spiro atoms. The molecule has 0 bridgehead atoms. The van der Waals surface area contributed by atoms with E-state index < -0.39 is 6.04 Å². The second kappa shape index (κ2) is 7.24. The average molecular weight is 379 g/mol. The number of para-hydroxylation sites is 1. The smallest absolute Gasteiger partial charge is 0.257 e. The second-order valence-corrected chi connectivity index (χ2v) is 6.67. The molecule has 2 N–H and O–H groups in total. The van der Waals surface area contributed by atoms with E-state index in [1.807, 2.05) is 36.4 Å². The van der Waals surface area contributed by atoms with E-state index in [-0.39, 0.29) is 23.0 Å². The number of pyridine rings is 1. The van der Waals surface area contributed by atoms with Crippen molar-refractivity contribution < 1.29 is 9.59 Å². The molecule has 3 heterocycles. The molecule has 1 aliphatic heterocycles. The molecule has 1 aromatic carbocycles. The zero-order valence-electron chi connectivity index (χ0n) is 14.4. The van der Waals surface area contributed by atoms with Crippen molar-refractivity contribution in [1.82, 2.24) is 19.9 Å². The van der Waals surface area contributed by atoms with Crippen molar-refractivity contribution >= 4 is 40.8 Å². The van der Waals surface area contributed by atoms with Crippen LogP contribution in [0.15, 0.2) is 48.8 Å². The number of carbonyl (C=O) groups is 2. The van der Waals surface area contributed by atoms with E-state index in [1.165, 1.54) is 4.57 Å². The fourth-order valence-corrected chi connectivity index (χ4v) is 3.41. The summed E-state index contributed by atoms with van der Waals surface area (Å²) in [4.78, 5) is 33.2. The highest BCUT2D eigenvalue weighted by molar-refractivity contribution is 7.71. The van der Waals surface area contributed by atoms with Gasteiger partial charge in [0.2, 0.25) is 10.7 Å². The van der Waals surface area contributed by atoms with Crippen LogP contribution in [0.4, 0.5) is 5.82 Å². The van der Waals surface area contributed by atoms with Crippen LogP contribution in [0.2, 0.25) is 0 Å². The van der Waals surface area contributed by atoms with Gasteiger partial charge in [-0.1, -0.05) is 18.2 Å². The average Bonchev–Trinajstić information content (AvgIpc) is 3.03. The predicted molar refractivity (Wildman–Crippen MR) is 104 cm³/mol. The molecule has 2 aromatic heterocycles. The summed E-state index contributed by atoms with van der Waals surface area (Å²) in [5.41, 5.74) is 1.67. The Bertz CT molecular complexity index is 1080. The third kappa shape index (κ3) is 3.43. The molecule has 136 valence electrons. The summed E-state index contributed by atoms with van der Waals surface area (Å²) >= 11 is 5.27. The van der Waals surface area contributed by atoms with Crippen molar-refractivity contribution in [3.63, 3.8) is 0 Å². The number of fused-ring (bicyclic) bond motifs is 3. The molecule has 0 fully saturated rings. The van der Waals surface area contributed by atoms with Gasteiger partial charge in [0.25, 0.3) is 5.91 Å². The van der Waals surface area contributed by atoms with Gasteiger partial charge in [-0.15, -0.1) is 0 Å². The number of rotatable bonds is 5. The van der Waals surface area contributed by atoms with Crippen LogP contribution in [0.25, 0.3) is 10.9 Å². The summed E-state index contributed by atoms with van der Waals surface area (Å²) in [7, 11) is 0. The fourth-order valence-electron chi connectivity index (χ4n) is 3.13. The SMILES string of the molecule is O=C(CCC1Nc2c3ccccc3nc(=S)n2C1=O)NCc1cccnc1. The van der Waals surface area contributed by atoms with Crippen molar-refractivity contribution in [3.8, 4) is 0 Å². The van der Waals surface area contributed by atoms with E-state index in [0.29, 0.717) is 18.8 Å². The quantitative estimate of drug-likeness (QED) is 0.663. The normalized spacial score (nSPS) is 15.4. The third-order valence-electron chi connectivity index (χ3n) is 4.49. The van der Waals surface area contributed by atoms with Crippen LogP contribution in [0.3, 0.4) is 0 Å². The highest BCUT2D eigenvalue weighted by Gasteiger charge is 2.31. The monoisotopic (exact) mass is 379 g/mol. The molecular weight excluding hydrogens is 362 g/mol. The molecule has 4 rings (SSSR count). The van der Waals surface area contributed by atoms with Gasteiger partial charge in [-0.3, -0.25) is 14.6 Å². The molecule has 8 heteroatoms. The molecule has 0 aliphatic carbocycles. The Kier molecular flexibility index (Phi) is 4.64. The van der Waals surface area contributed by atoms with Crippen LogP contribution in [0, 0.1) is 4.77 Å². The van der Waals surface area contributed by atoms with Crippen molar-refractivity contribution in [2.75, 3.05) is 5.32 Å². The summed E-state index contributed by atoms with van der Waals surface area (Å²) in [6.07, 6.45) is 4.00. The first-order valence-electron chi connectivity index (χ1n) is 8.61. The lowest BCUT2D eigenvalue weighted by atomic mass is 10.1. The molecule has 1 unspecified atom stereocenters. The highest BCUT2D eigenvalue weighted by atomic mass is 32.1. The maximum Gasteiger partial charge on any atom is 0.257 e. The van der Waals surface area contributed by atoms with Crippen LogP contribution >= 0.6 is 12.2 Å². The summed E-state index contributed by atoms with van der Waals surface area (Å²) < 4.78 is 1.65. The Morgan fingerprint density at radius 2 is 2.11 bits per heavy atom. The minimum Gasteiger partial charge on any atom is -0.359 e. The molecule has 0 radical (unpaired) electrons. The fraction of sp³-hybridized carbons (Fsp3) is 0.211. The van der Waals surface area contributed by atoms with Crippen LogP contribution in [-0.4, -0.2) is 32.4 Å². The number of carbonyl (C=O) groups excluding carboxylic acids is 2. The molecule has 1 aliphatic rings. The van der Waals surface area contributed by atoms with Gasteiger partial charge in [0.15, 0.2) is 0 Å². The lowest BCUT2D eigenvalue weighted by molar-refractivity contribution is -0.121. The second-order valence-electron chi connectivity index (χ2n) is 6.31. The minimum atomic E-state index is -0.497. The summed E-state index contributed by atoms with van der Waals surface area (Å²) in [6, 6.07) is 10.7. The predicted octanol–water partition coefficient (Wildman–Crippen LogP) is 2.69. The van der Waals surface area contributed by atoms with E-state index in [0.717, 1.165) is 16.5 Å². The number of aromatic nitrogens is 3. The van der Waals surface area contributed by atoms with Crippen LogP contribution in [0.1, 0.15) is 23.2 Å². The molecule has 7 nitrogen and oxygen atoms in total. The Hall–Kier alpha value is -3.13. The zero-order chi connectivity index (χ0) is 18.8. The number of benzene rings is 1. The van der Waals surface area contributed by atoms with Crippen molar-refractivity contribution in [2.45, 2.75) is 25.4 Å². The van der Waals surface area contributed by atoms with Crippen LogP contribution in [-0.2, 0) is 11.3 Å². The molecule has 1 atom stereocenters. The van der Waals surface area contributed by atoms with E-state index >= 15 is 0 Å². The first kappa shape index (κ1) is 17.3. The molecule has 0 saturated heterocycles. The third-order valence-corrected chi connectivity index (χ3v) is 4.77. The number of hydrogen-bond acceptors (Lipinski definition) is 6. The number of anilines is 1. The standard InChI is InChI=1S/C19H17N5O2S/c25-16(21-11-12-4-3-9-20-10-12)8-7-15-18(26)24-17(22-15)13-5-1-2-6-14(13)23-19(24)27/h1-6,9-10,15,22H,7-8,11H2,(H,21,25). The number of nitrogens with one attached hydrogen (secondary N) is 2. The number of nitrogens with zero attached hydrogens (tertiary/aromatic N) is 3. The molecule has 1 amide bonds. The van der Waals surface area contributed by atoms with E-state index in [2.05, 4.69) is 20.6 Å². The minimum absolute atomic E-state index is 0.115. The van der Waals surface area contributed by atoms with Crippen molar-refractivity contribution in [2.24, 2.45) is 0 Å². The molecule has 3 aromatic rings. The van der Waals surface area contributed by atoms with Gasteiger partial charge >= 0.3 is 0 Å². The van der Waals surface area contributed by atoms with Gasteiger partial charge in [-0.25, -0.2) is 9.55 Å². The Balaban J connectivity index is 1.43. The number of hydrogen-bond donors (Lipinski definition) is 2. The van der Waals surface area contributed by atoms with Gasteiger partial charge in [0.05, 0.1) is 5.52 Å². The molecular formula is C19H17N5O2S. The Labute approximate surface area is 160 Å². The molecule has 0 saturated carbocycles. The highest BCUT2D eigenvalue weighted by Crippen LogP contribution is 2.28. The van der Waals surface area contributed by atoms with Gasteiger partial charge in [0, 0.05) is 30.7 Å². The van der Waals surface area contributed by atoms with E-state index in [4.69, 9.17) is 12.2 Å². The van der Waals surface area contributed by atoms with Crippen LogP contribution < -0.4 is 10.6 Å². The first-order chi connectivity index (χ1) is 13.1. The lowest BCUT2D eigenvalue weighted by Crippen LogP contribution is -2.29. The van der Waals surface area contributed by atoms with E-state index in [9.17, 15) is 9.59 Å². The van der Waals surface area contributed by atoms with Crippen molar-refractivity contribution in [3.05, 3.63) is 59.1 Å². The Morgan fingerprint density at radius 1 is 1.26 bits per heavy atom. The first-order valence-corrected chi connectivity index (χ1v) is 9.02. The van der Waals surface area contributed by atoms with Gasteiger partial charge in [0.1, 0.15) is 11.9 Å². The number of amides is 1. The Morgan fingerprint density at radius 3 is 2.93 bits per heavy atom. The summed E-state index contributed by atoms with van der Waals surface area (Å²) in [5.74, 6) is 0.362. The largest absolute Gasteiger partial charge is 0.359 e. The topological polar surface area (TPSA) is 88.9 Å². The van der Waals surface area contributed by atoms with Gasteiger partial charge < -0.3 is 10.6 Å². The summed E-state index contributed by atoms with van der Waals surface area (Å²) in [6.45, 7) is 0.415. The maximum absolute atomic E-state index is 12.7. The summed E-state index contributed by atoms with van der Waals surface area (Å²) in [5, 5.41) is 6.89. The van der Waals surface area contributed by atoms with Gasteiger partial charge in [-0.2, -0.15) is 0 Å². The lowest BCUT2D eigenvalue weighted by Gasteiger charge is -2.09. The van der Waals surface area contributed by atoms with Crippen molar-refractivity contribution in [1.29, 1.82) is 0 Å². The molecule has 27 heavy (non-hydrogen) atoms. The maximum atomic E-state index is 12.7. The zero-order valence-corrected chi connectivity index (χ0v) is 15.2. The van der Waals surface area contributed by atoms with E-state index in [1.54, 1.807) is 12.4 Å². The van der Waals surface area contributed by atoms with Gasteiger partial charge in [-0.05, 0) is 42.4 Å².